The topological polar surface area (TPSA) is 34.1 Å². The molecule has 76 valence electrons. The predicted molar refractivity (Wildman–Crippen MR) is 58.5 cm³/mol. The fourth-order valence-electron chi connectivity index (χ4n) is 1.14. The molecule has 1 N–H and O–H groups in total. The van der Waals surface area contributed by atoms with Gasteiger partial charge in [-0.1, -0.05) is 11.3 Å². The molecule has 13 heavy (non-hydrogen) atoms. The van der Waals surface area contributed by atoms with Crippen LogP contribution >= 0.6 is 36.2 Å². The van der Waals surface area contributed by atoms with E-state index in [2.05, 4.69) is 10.3 Å². The monoisotopic (exact) mass is 242 g/mol. The fourth-order valence-corrected chi connectivity index (χ4v) is 1.69. The van der Waals surface area contributed by atoms with Gasteiger partial charge in [-0.05, 0) is 13.0 Å². The molecule has 1 aliphatic heterocycles. The van der Waals surface area contributed by atoms with Gasteiger partial charge in [-0.25, -0.2) is 4.98 Å². The molecule has 0 bridgehead atoms. The van der Waals surface area contributed by atoms with E-state index in [0.717, 1.165) is 24.7 Å². The van der Waals surface area contributed by atoms with E-state index in [4.69, 9.17) is 4.74 Å². The zero-order chi connectivity index (χ0) is 7.52. The average Bonchev–Trinajstić information content (AvgIpc) is 2.60. The number of halogens is 2. The van der Waals surface area contributed by atoms with Crippen LogP contribution in [0.4, 0.5) is 0 Å². The second kappa shape index (κ2) is 6.43. The van der Waals surface area contributed by atoms with Crippen molar-refractivity contribution in [2.24, 2.45) is 0 Å². The van der Waals surface area contributed by atoms with Gasteiger partial charge in [0.15, 0.2) is 0 Å². The number of aromatic nitrogens is 1. The Hall–Kier alpha value is -0.0300. The molecule has 1 aromatic heterocycles. The van der Waals surface area contributed by atoms with Crippen molar-refractivity contribution in [3.63, 3.8) is 0 Å². The van der Waals surface area contributed by atoms with E-state index in [0.29, 0.717) is 6.10 Å². The van der Waals surface area contributed by atoms with Crippen LogP contribution < -0.4 is 10.1 Å². The van der Waals surface area contributed by atoms with Crippen molar-refractivity contribution in [2.45, 2.75) is 12.5 Å². The van der Waals surface area contributed by atoms with Crippen LogP contribution in [0.1, 0.15) is 6.42 Å². The maximum absolute atomic E-state index is 5.56. The Morgan fingerprint density at radius 3 is 2.92 bits per heavy atom. The maximum atomic E-state index is 5.56. The van der Waals surface area contributed by atoms with Crippen molar-refractivity contribution in [1.29, 1.82) is 0 Å². The Bertz CT molecular complexity index is 214. The number of thiazole rings is 1. The number of nitrogens with zero attached hydrogens (tertiary/aromatic N) is 1. The van der Waals surface area contributed by atoms with Gasteiger partial charge in [0, 0.05) is 18.1 Å². The van der Waals surface area contributed by atoms with Crippen molar-refractivity contribution in [3.8, 4) is 5.19 Å². The molecule has 0 aromatic carbocycles. The molecular formula is C7H12Cl2N2OS. The lowest BCUT2D eigenvalue weighted by Crippen LogP contribution is -2.19. The summed E-state index contributed by atoms with van der Waals surface area (Å²) in [5.74, 6) is 0. The second-order valence-corrected chi connectivity index (χ2v) is 3.39. The third-order valence-corrected chi connectivity index (χ3v) is 2.35. The van der Waals surface area contributed by atoms with Crippen molar-refractivity contribution in [1.82, 2.24) is 10.3 Å². The molecule has 1 atom stereocenters. The lowest BCUT2D eigenvalue weighted by molar-refractivity contribution is 0.222. The zero-order valence-corrected chi connectivity index (χ0v) is 9.38. The van der Waals surface area contributed by atoms with E-state index in [1.54, 1.807) is 17.5 Å². The molecule has 0 saturated carbocycles. The van der Waals surface area contributed by atoms with E-state index in [9.17, 15) is 0 Å². The number of ether oxygens (including phenoxy) is 1. The summed E-state index contributed by atoms with van der Waals surface area (Å²) in [4.78, 5) is 4.05. The minimum Gasteiger partial charge on any atom is -0.465 e. The molecule has 0 amide bonds. The molecule has 0 radical (unpaired) electrons. The van der Waals surface area contributed by atoms with Crippen molar-refractivity contribution >= 4 is 36.2 Å². The Kier molecular flexibility index (Phi) is 6.41. The lowest BCUT2D eigenvalue weighted by Gasteiger charge is -2.07. The first-order chi connectivity index (χ1) is 5.45. The standard InChI is InChI=1S/C7H10N2OS.2ClH/c1-2-8-5-6(1)10-7-9-3-4-11-7;;/h3-4,6,8H,1-2,5H2;2*1H. The zero-order valence-electron chi connectivity index (χ0n) is 6.93. The number of nitrogens with one attached hydrogen (secondary N) is 1. The SMILES string of the molecule is Cl.Cl.c1csc(OC2CCNC2)n1. The molecule has 1 saturated heterocycles. The first-order valence-corrected chi connectivity index (χ1v) is 4.60. The molecule has 2 heterocycles. The molecule has 0 spiro atoms. The van der Waals surface area contributed by atoms with Crippen molar-refractivity contribution < 1.29 is 4.74 Å². The van der Waals surface area contributed by atoms with Gasteiger partial charge in [-0.3, -0.25) is 0 Å². The summed E-state index contributed by atoms with van der Waals surface area (Å²) in [6, 6.07) is 0. The van der Waals surface area contributed by atoms with Crippen LogP contribution in [0.5, 0.6) is 5.19 Å². The lowest BCUT2D eigenvalue weighted by atomic mass is 10.3. The fraction of sp³-hybridized carbons (Fsp3) is 0.571. The van der Waals surface area contributed by atoms with E-state index < -0.39 is 0 Å². The van der Waals surface area contributed by atoms with Gasteiger partial charge in [0.05, 0.1) is 0 Å². The third-order valence-electron chi connectivity index (χ3n) is 1.69. The first-order valence-electron chi connectivity index (χ1n) is 3.72. The molecule has 1 aliphatic rings. The van der Waals surface area contributed by atoms with E-state index >= 15 is 0 Å². The highest BCUT2D eigenvalue weighted by molar-refractivity contribution is 7.11. The Labute approximate surface area is 93.7 Å². The van der Waals surface area contributed by atoms with Crippen LogP contribution in [0.15, 0.2) is 11.6 Å². The largest absolute Gasteiger partial charge is 0.465 e. The van der Waals surface area contributed by atoms with Gasteiger partial charge in [0.1, 0.15) is 6.10 Å². The summed E-state index contributed by atoms with van der Waals surface area (Å²) in [5.41, 5.74) is 0. The van der Waals surface area contributed by atoms with E-state index in [1.807, 2.05) is 5.38 Å². The molecule has 2 rings (SSSR count). The summed E-state index contributed by atoms with van der Waals surface area (Å²) in [7, 11) is 0. The first kappa shape index (κ1) is 13.0. The van der Waals surface area contributed by atoms with Crippen LogP contribution in [-0.2, 0) is 0 Å². The van der Waals surface area contributed by atoms with Crippen LogP contribution in [0.25, 0.3) is 0 Å². The van der Waals surface area contributed by atoms with Crippen molar-refractivity contribution in [2.75, 3.05) is 13.1 Å². The minimum atomic E-state index is 0. The maximum Gasteiger partial charge on any atom is 0.273 e. The predicted octanol–water partition coefficient (Wildman–Crippen LogP) is 1.73. The summed E-state index contributed by atoms with van der Waals surface area (Å²) in [6.45, 7) is 2.02. The highest BCUT2D eigenvalue weighted by Gasteiger charge is 2.16. The second-order valence-electron chi connectivity index (χ2n) is 2.53. The number of hydrogen-bond donors (Lipinski definition) is 1. The van der Waals surface area contributed by atoms with E-state index in [1.165, 1.54) is 0 Å². The summed E-state index contributed by atoms with van der Waals surface area (Å²) >= 11 is 1.55. The molecule has 1 unspecified atom stereocenters. The van der Waals surface area contributed by atoms with Crippen LogP contribution in [0.3, 0.4) is 0 Å². The highest BCUT2D eigenvalue weighted by atomic mass is 35.5. The average molecular weight is 243 g/mol. The molecule has 6 heteroatoms. The van der Waals surface area contributed by atoms with E-state index in [-0.39, 0.29) is 24.8 Å². The number of rotatable bonds is 2. The number of hydrogen-bond acceptors (Lipinski definition) is 4. The summed E-state index contributed by atoms with van der Waals surface area (Å²) in [5, 5.41) is 5.96. The molecule has 0 aliphatic carbocycles. The van der Waals surface area contributed by atoms with Crippen LogP contribution in [-0.4, -0.2) is 24.2 Å². The normalized spacial score (nSPS) is 20.2. The van der Waals surface area contributed by atoms with Gasteiger partial charge in [-0.2, -0.15) is 0 Å². The Morgan fingerprint density at radius 1 is 1.54 bits per heavy atom. The van der Waals surface area contributed by atoms with Gasteiger partial charge in [-0.15, -0.1) is 24.8 Å². The molecule has 1 aromatic rings. The molecule has 1 fully saturated rings. The van der Waals surface area contributed by atoms with Gasteiger partial charge < -0.3 is 10.1 Å². The smallest absolute Gasteiger partial charge is 0.273 e. The highest BCUT2D eigenvalue weighted by Crippen LogP contribution is 2.17. The quantitative estimate of drug-likeness (QED) is 0.858. The molecular weight excluding hydrogens is 231 g/mol. The molecule has 3 nitrogen and oxygen atoms in total. The third kappa shape index (κ3) is 3.68. The van der Waals surface area contributed by atoms with Gasteiger partial charge in [0.2, 0.25) is 0 Å². The summed E-state index contributed by atoms with van der Waals surface area (Å²) < 4.78 is 5.56. The van der Waals surface area contributed by atoms with Gasteiger partial charge >= 0.3 is 0 Å². The van der Waals surface area contributed by atoms with Gasteiger partial charge in [0.25, 0.3) is 5.19 Å². The van der Waals surface area contributed by atoms with Crippen LogP contribution in [0, 0.1) is 0 Å². The Morgan fingerprint density at radius 2 is 2.38 bits per heavy atom. The van der Waals surface area contributed by atoms with Crippen LogP contribution in [0.2, 0.25) is 0 Å². The van der Waals surface area contributed by atoms with Crippen molar-refractivity contribution in [3.05, 3.63) is 11.6 Å². The summed E-state index contributed by atoms with van der Waals surface area (Å²) in [6.07, 6.45) is 3.20. The Balaban J connectivity index is 0.000000720. The minimum absolute atomic E-state index is 0.